The van der Waals surface area contributed by atoms with Crippen LogP contribution in [0.5, 0.6) is 0 Å². The summed E-state index contributed by atoms with van der Waals surface area (Å²) in [6.45, 7) is 4.26. The van der Waals surface area contributed by atoms with Gasteiger partial charge in [0.1, 0.15) is 0 Å². The molecule has 0 nitrogen and oxygen atoms in total. The lowest BCUT2D eigenvalue weighted by atomic mass is 9.99. The Morgan fingerprint density at radius 1 is 1.11 bits per heavy atom. The minimum absolute atomic E-state index is 0.188. The Balaban J connectivity index is 2.41. The predicted molar refractivity (Wildman–Crippen MR) is 90.9 cm³/mol. The second kappa shape index (κ2) is 5.93. The topological polar surface area (TPSA) is 0 Å². The summed E-state index contributed by atoms with van der Waals surface area (Å²) >= 11 is 12.2. The highest BCUT2D eigenvalue weighted by atomic mass is 127. The van der Waals surface area contributed by atoms with E-state index in [1.54, 1.807) is 0 Å². The number of hydrogen-bond donors (Lipinski definition) is 0. The van der Waals surface area contributed by atoms with Gasteiger partial charge in [-0.05, 0) is 65.3 Å². The lowest BCUT2D eigenvalue weighted by Crippen LogP contribution is -1.96. The molecule has 2 rings (SSSR count). The standard InChI is InChI=1S/C15H13BrClI/c1-9-3-5-12(10(2)7-9)15(16)11-4-6-14(18)13(17)8-11/h3-8,15H,1-2H3. The summed E-state index contributed by atoms with van der Waals surface area (Å²) in [6.07, 6.45) is 0. The maximum absolute atomic E-state index is 6.18. The summed E-state index contributed by atoms with van der Waals surface area (Å²) in [5.41, 5.74) is 5.06. The van der Waals surface area contributed by atoms with E-state index in [-0.39, 0.29) is 4.83 Å². The zero-order valence-electron chi connectivity index (χ0n) is 10.2. The van der Waals surface area contributed by atoms with Gasteiger partial charge >= 0.3 is 0 Å². The number of aryl methyl sites for hydroxylation is 2. The predicted octanol–water partition coefficient (Wildman–Crippen LogP) is 6.05. The van der Waals surface area contributed by atoms with Crippen LogP contribution in [-0.4, -0.2) is 0 Å². The smallest absolute Gasteiger partial charge is 0.0647 e. The van der Waals surface area contributed by atoms with Crippen LogP contribution in [0.1, 0.15) is 27.1 Å². The molecular weight excluding hydrogens is 422 g/mol. The molecule has 18 heavy (non-hydrogen) atoms. The summed E-state index contributed by atoms with van der Waals surface area (Å²) in [7, 11) is 0. The fraction of sp³-hybridized carbons (Fsp3) is 0.200. The SMILES string of the molecule is Cc1ccc(C(Br)c2ccc(I)c(Cl)c2)c(C)c1. The van der Waals surface area contributed by atoms with Gasteiger partial charge in [0.2, 0.25) is 0 Å². The fourth-order valence-electron chi connectivity index (χ4n) is 1.96. The van der Waals surface area contributed by atoms with Gasteiger partial charge in [-0.2, -0.15) is 0 Å². The summed E-state index contributed by atoms with van der Waals surface area (Å²) in [6, 6.07) is 12.7. The molecule has 0 heterocycles. The number of hydrogen-bond acceptors (Lipinski definition) is 0. The Morgan fingerprint density at radius 2 is 1.83 bits per heavy atom. The molecule has 0 amide bonds. The van der Waals surface area contributed by atoms with E-state index in [0.717, 1.165) is 8.59 Å². The third-order valence-electron chi connectivity index (χ3n) is 2.93. The van der Waals surface area contributed by atoms with Gasteiger partial charge in [0, 0.05) is 3.57 Å². The van der Waals surface area contributed by atoms with Crippen molar-refractivity contribution in [2.45, 2.75) is 18.7 Å². The van der Waals surface area contributed by atoms with Crippen molar-refractivity contribution in [3.05, 3.63) is 67.2 Å². The minimum atomic E-state index is 0.188. The molecule has 0 bridgehead atoms. The van der Waals surface area contributed by atoms with E-state index in [1.165, 1.54) is 22.3 Å². The molecule has 0 aromatic heterocycles. The van der Waals surface area contributed by atoms with E-state index in [2.05, 4.69) is 82.7 Å². The van der Waals surface area contributed by atoms with Gasteiger partial charge in [-0.25, -0.2) is 0 Å². The quantitative estimate of drug-likeness (QED) is 0.398. The van der Waals surface area contributed by atoms with Gasteiger partial charge in [-0.15, -0.1) is 0 Å². The fourth-order valence-corrected chi connectivity index (χ4v) is 3.28. The first-order valence-corrected chi connectivity index (χ1v) is 8.02. The molecule has 0 aliphatic rings. The maximum Gasteiger partial charge on any atom is 0.0647 e. The van der Waals surface area contributed by atoms with E-state index in [1.807, 2.05) is 6.07 Å². The van der Waals surface area contributed by atoms with E-state index < -0.39 is 0 Å². The van der Waals surface area contributed by atoms with Crippen LogP contribution in [0.3, 0.4) is 0 Å². The van der Waals surface area contributed by atoms with Crippen LogP contribution in [0.4, 0.5) is 0 Å². The lowest BCUT2D eigenvalue weighted by Gasteiger charge is -2.15. The molecule has 1 atom stereocenters. The molecule has 3 heteroatoms. The Morgan fingerprint density at radius 3 is 2.44 bits per heavy atom. The van der Waals surface area contributed by atoms with Gasteiger partial charge in [-0.3, -0.25) is 0 Å². The van der Waals surface area contributed by atoms with Crippen molar-refractivity contribution in [1.29, 1.82) is 0 Å². The van der Waals surface area contributed by atoms with E-state index in [0.29, 0.717) is 0 Å². The van der Waals surface area contributed by atoms with Crippen molar-refractivity contribution in [1.82, 2.24) is 0 Å². The van der Waals surface area contributed by atoms with Gasteiger partial charge in [0.05, 0.1) is 9.85 Å². The summed E-state index contributed by atoms with van der Waals surface area (Å²) in [5, 5.41) is 0.808. The number of halogens is 3. The molecule has 0 spiro atoms. The molecule has 0 N–H and O–H groups in total. The van der Waals surface area contributed by atoms with Crippen molar-refractivity contribution >= 4 is 50.1 Å². The van der Waals surface area contributed by atoms with Gasteiger partial charge < -0.3 is 0 Å². The summed E-state index contributed by atoms with van der Waals surface area (Å²) in [4.78, 5) is 0.188. The molecule has 1 unspecified atom stereocenters. The third kappa shape index (κ3) is 3.09. The van der Waals surface area contributed by atoms with Crippen LogP contribution >= 0.6 is 50.1 Å². The first-order valence-electron chi connectivity index (χ1n) is 5.65. The average Bonchev–Trinajstić information content (AvgIpc) is 2.32. The van der Waals surface area contributed by atoms with Crippen LogP contribution in [0, 0.1) is 17.4 Å². The van der Waals surface area contributed by atoms with Crippen molar-refractivity contribution < 1.29 is 0 Å². The molecule has 94 valence electrons. The number of alkyl halides is 1. The van der Waals surface area contributed by atoms with Crippen LogP contribution < -0.4 is 0 Å². The average molecular weight is 436 g/mol. The monoisotopic (exact) mass is 434 g/mol. The van der Waals surface area contributed by atoms with Gasteiger partial charge in [0.25, 0.3) is 0 Å². The first-order chi connectivity index (χ1) is 8.49. The van der Waals surface area contributed by atoms with Gasteiger partial charge in [-0.1, -0.05) is 57.4 Å². The maximum atomic E-state index is 6.18. The molecule has 0 aliphatic heterocycles. The number of rotatable bonds is 2. The van der Waals surface area contributed by atoms with Crippen molar-refractivity contribution in [2.24, 2.45) is 0 Å². The van der Waals surface area contributed by atoms with E-state index in [9.17, 15) is 0 Å². The second-order valence-electron chi connectivity index (χ2n) is 4.40. The minimum Gasteiger partial charge on any atom is -0.0832 e. The highest BCUT2D eigenvalue weighted by Crippen LogP contribution is 2.35. The van der Waals surface area contributed by atoms with Crippen molar-refractivity contribution in [3.63, 3.8) is 0 Å². The van der Waals surface area contributed by atoms with E-state index in [4.69, 9.17) is 11.6 Å². The zero-order chi connectivity index (χ0) is 13.3. The zero-order valence-corrected chi connectivity index (χ0v) is 14.7. The molecule has 0 saturated heterocycles. The van der Waals surface area contributed by atoms with Crippen LogP contribution in [0.2, 0.25) is 5.02 Å². The highest BCUT2D eigenvalue weighted by molar-refractivity contribution is 14.1. The first kappa shape index (κ1) is 14.4. The lowest BCUT2D eigenvalue weighted by molar-refractivity contribution is 1.13. The van der Waals surface area contributed by atoms with Crippen molar-refractivity contribution in [3.8, 4) is 0 Å². The third-order valence-corrected chi connectivity index (χ3v) is 5.53. The van der Waals surface area contributed by atoms with Gasteiger partial charge in [0.15, 0.2) is 0 Å². The normalized spacial score (nSPS) is 12.5. The highest BCUT2D eigenvalue weighted by Gasteiger charge is 2.13. The van der Waals surface area contributed by atoms with E-state index >= 15 is 0 Å². The van der Waals surface area contributed by atoms with Crippen LogP contribution in [0.25, 0.3) is 0 Å². The molecule has 2 aromatic rings. The molecule has 0 aliphatic carbocycles. The Kier molecular flexibility index (Phi) is 4.73. The molecular formula is C15H13BrClI. The van der Waals surface area contributed by atoms with Crippen LogP contribution in [-0.2, 0) is 0 Å². The largest absolute Gasteiger partial charge is 0.0832 e. The Labute approximate surface area is 135 Å². The second-order valence-corrected chi connectivity index (χ2v) is 6.88. The summed E-state index contributed by atoms with van der Waals surface area (Å²) in [5.74, 6) is 0. The Hall–Kier alpha value is -0.0600. The molecule has 0 fully saturated rings. The molecule has 0 saturated carbocycles. The molecule has 0 radical (unpaired) electrons. The van der Waals surface area contributed by atoms with Crippen LogP contribution in [0.15, 0.2) is 36.4 Å². The Bertz CT molecular complexity index is 581. The molecule has 2 aromatic carbocycles. The number of benzene rings is 2. The van der Waals surface area contributed by atoms with Crippen molar-refractivity contribution in [2.75, 3.05) is 0 Å². The summed E-state index contributed by atoms with van der Waals surface area (Å²) < 4.78 is 1.08.